The quantitative estimate of drug-likeness (QED) is 0.659. The van der Waals surface area contributed by atoms with E-state index < -0.39 is 0 Å². The van der Waals surface area contributed by atoms with Gasteiger partial charge in [-0.2, -0.15) is 0 Å². The fourth-order valence-corrected chi connectivity index (χ4v) is 0.854. The van der Waals surface area contributed by atoms with Crippen LogP contribution in [0.1, 0.15) is 52.4 Å². The second kappa shape index (κ2) is 11.9. The first kappa shape index (κ1) is 12.8. The number of hydrogen-bond acceptors (Lipinski definition) is 0. The second-order valence-corrected chi connectivity index (χ2v) is 2.41. The second-order valence-electron chi connectivity index (χ2n) is 2.41. The van der Waals surface area contributed by atoms with Gasteiger partial charge in [0.1, 0.15) is 0 Å². The van der Waals surface area contributed by atoms with E-state index in [2.05, 4.69) is 13.8 Å². The zero-order chi connectivity index (χ0) is 6.24. The van der Waals surface area contributed by atoms with Crippen LogP contribution in [0, 0.1) is 35.6 Å². The van der Waals surface area contributed by atoms with E-state index in [-0.39, 0.29) is 35.6 Å². The van der Waals surface area contributed by atoms with Crippen molar-refractivity contribution in [2.75, 3.05) is 0 Å². The molecule has 0 unspecified atom stereocenters. The van der Waals surface area contributed by atoms with E-state index in [1.165, 1.54) is 38.5 Å². The van der Waals surface area contributed by atoms with Crippen LogP contribution in [-0.2, 0) is 0 Å². The number of unbranched alkanes of at least 4 members (excludes halogenated alkanes) is 5. The van der Waals surface area contributed by atoms with Crippen molar-refractivity contribution in [1.82, 2.24) is 0 Å². The molecule has 0 rings (SSSR count). The summed E-state index contributed by atoms with van der Waals surface area (Å²) < 4.78 is 0. The van der Waals surface area contributed by atoms with Gasteiger partial charge in [0.2, 0.25) is 0 Å². The van der Waals surface area contributed by atoms with Crippen molar-refractivity contribution in [2.45, 2.75) is 52.4 Å². The molecule has 0 aliphatic heterocycles. The Morgan fingerprint density at radius 3 is 1.22 bits per heavy atom. The van der Waals surface area contributed by atoms with Gasteiger partial charge in [0.05, 0.1) is 0 Å². The zero-order valence-electron chi connectivity index (χ0n) is 6.82. The molecule has 0 saturated heterocycles. The van der Waals surface area contributed by atoms with E-state index in [1.54, 1.807) is 0 Å². The van der Waals surface area contributed by atoms with Gasteiger partial charge >= 0.3 is 0 Å². The Balaban J connectivity index is 0. The Kier molecular flexibility index (Phi) is 17.0. The topological polar surface area (TPSA) is 0 Å². The maximum Gasteiger partial charge on any atom is 0 e. The van der Waals surface area contributed by atoms with Gasteiger partial charge in [-0.25, -0.2) is 0 Å². The van der Waals surface area contributed by atoms with Crippen molar-refractivity contribution in [1.29, 1.82) is 0 Å². The van der Waals surface area contributed by atoms with Gasteiger partial charge in [0, 0.05) is 35.6 Å². The fourth-order valence-electron chi connectivity index (χ4n) is 0.854. The average Bonchev–Trinajstić information content (AvgIpc) is 1.81. The third-order valence-corrected chi connectivity index (χ3v) is 1.46. The summed E-state index contributed by atoms with van der Waals surface area (Å²) in [7, 11) is 0. The molecule has 0 nitrogen and oxygen atoms in total. The molecule has 0 N–H and O–H groups in total. The summed E-state index contributed by atoms with van der Waals surface area (Å²) in [5, 5.41) is 0. The Hall–Kier alpha value is 1.19. The molecule has 0 aromatic heterocycles. The van der Waals surface area contributed by atoms with Crippen LogP contribution in [0.2, 0.25) is 0 Å². The minimum Gasteiger partial charge on any atom is -0.0654 e. The fraction of sp³-hybridized carbons (Fsp3) is 1.00. The van der Waals surface area contributed by atoms with Crippen molar-refractivity contribution in [3.05, 3.63) is 0 Å². The predicted octanol–water partition coefficient (Wildman–Crippen LogP) is 3.37. The summed E-state index contributed by atoms with van der Waals surface area (Å²) in [6.45, 7) is 4.51. The third-order valence-electron chi connectivity index (χ3n) is 1.46. The van der Waals surface area contributed by atoms with Gasteiger partial charge in [0.25, 0.3) is 0 Å². The van der Waals surface area contributed by atoms with Gasteiger partial charge in [-0.3, -0.25) is 0 Å². The molecular weight excluding hydrogens is 235 g/mol. The van der Waals surface area contributed by atoms with Crippen LogP contribution in [0.4, 0.5) is 0 Å². The SMILES string of the molecule is CCCCCCCC.[La]. The zero-order valence-corrected chi connectivity index (χ0v) is 10.4. The van der Waals surface area contributed by atoms with Gasteiger partial charge < -0.3 is 0 Å². The van der Waals surface area contributed by atoms with Gasteiger partial charge in [-0.1, -0.05) is 52.4 Å². The summed E-state index contributed by atoms with van der Waals surface area (Å²) in [5.74, 6) is 0. The number of rotatable bonds is 5. The molecular formula is C8H18La. The Labute approximate surface area is 87.4 Å². The molecule has 1 heteroatoms. The van der Waals surface area contributed by atoms with Crippen LogP contribution in [-0.4, -0.2) is 0 Å². The average molecular weight is 253 g/mol. The van der Waals surface area contributed by atoms with E-state index in [0.29, 0.717) is 0 Å². The van der Waals surface area contributed by atoms with Crippen LogP contribution in [0.25, 0.3) is 0 Å². The molecule has 53 valence electrons. The Bertz CT molecular complexity index is 29.5. The third kappa shape index (κ3) is 12.4. The van der Waals surface area contributed by atoms with Gasteiger partial charge in [0.15, 0.2) is 0 Å². The van der Waals surface area contributed by atoms with E-state index in [9.17, 15) is 0 Å². The summed E-state index contributed by atoms with van der Waals surface area (Å²) >= 11 is 0. The summed E-state index contributed by atoms with van der Waals surface area (Å²) in [5.41, 5.74) is 0. The van der Waals surface area contributed by atoms with E-state index in [4.69, 9.17) is 0 Å². The molecule has 0 bridgehead atoms. The van der Waals surface area contributed by atoms with Crippen LogP contribution >= 0.6 is 0 Å². The van der Waals surface area contributed by atoms with E-state index >= 15 is 0 Å². The molecule has 1 radical (unpaired) electrons. The molecule has 0 atom stereocenters. The first-order chi connectivity index (χ1) is 3.91. The van der Waals surface area contributed by atoms with Crippen molar-refractivity contribution >= 4 is 0 Å². The Morgan fingerprint density at radius 1 is 0.667 bits per heavy atom. The summed E-state index contributed by atoms with van der Waals surface area (Å²) in [6, 6.07) is 0. The first-order valence-electron chi connectivity index (χ1n) is 3.91. The van der Waals surface area contributed by atoms with Gasteiger partial charge in [-0.15, -0.1) is 0 Å². The molecule has 0 heterocycles. The van der Waals surface area contributed by atoms with Crippen LogP contribution in [0.3, 0.4) is 0 Å². The van der Waals surface area contributed by atoms with Crippen molar-refractivity contribution in [3.8, 4) is 0 Å². The van der Waals surface area contributed by atoms with Crippen molar-refractivity contribution in [3.63, 3.8) is 0 Å². The molecule has 0 spiro atoms. The van der Waals surface area contributed by atoms with E-state index in [0.717, 1.165) is 0 Å². The minimum absolute atomic E-state index is 0. The molecule has 0 aromatic carbocycles. The summed E-state index contributed by atoms with van der Waals surface area (Å²) in [4.78, 5) is 0. The predicted molar refractivity (Wildman–Crippen MR) is 39.0 cm³/mol. The maximum absolute atomic E-state index is 2.26. The monoisotopic (exact) mass is 253 g/mol. The normalized spacial score (nSPS) is 8.67. The van der Waals surface area contributed by atoms with Crippen LogP contribution in [0.15, 0.2) is 0 Å². The largest absolute Gasteiger partial charge is 0.0654 e. The minimum atomic E-state index is 0. The molecule has 0 saturated carbocycles. The van der Waals surface area contributed by atoms with Crippen LogP contribution < -0.4 is 0 Å². The molecule has 0 aromatic rings. The molecule has 0 aliphatic rings. The molecule has 0 fully saturated rings. The molecule has 9 heavy (non-hydrogen) atoms. The molecule has 0 amide bonds. The van der Waals surface area contributed by atoms with E-state index in [1.807, 2.05) is 0 Å². The number of hydrogen-bond donors (Lipinski definition) is 0. The van der Waals surface area contributed by atoms with Crippen LogP contribution in [0.5, 0.6) is 0 Å². The first-order valence-corrected chi connectivity index (χ1v) is 3.91. The maximum atomic E-state index is 2.26. The van der Waals surface area contributed by atoms with Crippen molar-refractivity contribution < 1.29 is 35.6 Å². The molecule has 0 aliphatic carbocycles. The smallest absolute Gasteiger partial charge is 0 e. The van der Waals surface area contributed by atoms with Crippen molar-refractivity contribution in [2.24, 2.45) is 0 Å². The Morgan fingerprint density at radius 2 is 1.00 bits per heavy atom. The van der Waals surface area contributed by atoms with Gasteiger partial charge in [-0.05, 0) is 0 Å². The summed E-state index contributed by atoms with van der Waals surface area (Å²) in [6.07, 6.45) is 8.49. The standard InChI is InChI=1S/C8H18.La/c1-3-5-7-8-6-4-2;/h3-8H2,1-2H3;.